The Morgan fingerprint density at radius 3 is 2.56 bits per heavy atom. The van der Waals surface area contributed by atoms with Gasteiger partial charge in [-0.2, -0.15) is 0 Å². The summed E-state index contributed by atoms with van der Waals surface area (Å²) in [5, 5.41) is 6.35. The number of hydrogen-bond donors (Lipinski definition) is 2. The molecule has 0 aromatic heterocycles. The first-order valence-electron chi connectivity index (χ1n) is 8.43. The van der Waals surface area contributed by atoms with Crippen LogP contribution in [0.2, 0.25) is 0 Å². The molecule has 2 aromatic rings. The fourth-order valence-electron chi connectivity index (χ4n) is 3.13. The van der Waals surface area contributed by atoms with Crippen molar-refractivity contribution in [1.82, 2.24) is 10.6 Å². The number of para-hydroxylation sites is 1. The third-order valence-corrected chi connectivity index (χ3v) is 4.62. The first-order valence-corrected chi connectivity index (χ1v) is 8.43. The first kappa shape index (κ1) is 19.3. The van der Waals surface area contributed by atoms with Gasteiger partial charge in [0.05, 0.1) is 19.1 Å². The van der Waals surface area contributed by atoms with Crippen LogP contribution < -0.4 is 15.4 Å². The van der Waals surface area contributed by atoms with Gasteiger partial charge in [-0.25, -0.2) is 0 Å². The molecule has 4 nitrogen and oxygen atoms in total. The monoisotopic (exact) mass is 360 g/mol. The van der Waals surface area contributed by atoms with Gasteiger partial charge < -0.3 is 15.4 Å². The van der Waals surface area contributed by atoms with Gasteiger partial charge in [0.1, 0.15) is 5.75 Å². The van der Waals surface area contributed by atoms with Crippen molar-refractivity contribution in [1.29, 1.82) is 0 Å². The van der Waals surface area contributed by atoms with Gasteiger partial charge in [-0.15, -0.1) is 12.4 Å². The maximum absolute atomic E-state index is 12.2. The first-order chi connectivity index (χ1) is 11.7. The summed E-state index contributed by atoms with van der Waals surface area (Å²) in [4.78, 5) is 12.2. The molecule has 0 aliphatic carbocycles. The van der Waals surface area contributed by atoms with Crippen LogP contribution in [0.25, 0.3) is 11.1 Å². The Labute approximate surface area is 155 Å². The largest absolute Gasteiger partial charge is 0.496 e. The highest BCUT2D eigenvalue weighted by molar-refractivity contribution is 5.85. The molecule has 1 saturated heterocycles. The van der Waals surface area contributed by atoms with Crippen molar-refractivity contribution in [2.75, 3.05) is 20.2 Å². The normalized spacial score (nSPS) is 17.4. The van der Waals surface area contributed by atoms with E-state index >= 15 is 0 Å². The van der Waals surface area contributed by atoms with Crippen LogP contribution in [0.15, 0.2) is 48.5 Å². The smallest absolute Gasteiger partial charge is 0.224 e. The lowest BCUT2D eigenvalue weighted by atomic mass is 10.00. The predicted molar refractivity (Wildman–Crippen MR) is 103 cm³/mol. The van der Waals surface area contributed by atoms with Crippen LogP contribution in [0.3, 0.4) is 0 Å². The van der Waals surface area contributed by atoms with E-state index in [0.29, 0.717) is 0 Å². The summed E-state index contributed by atoms with van der Waals surface area (Å²) in [7, 11) is 1.68. The molecule has 2 N–H and O–H groups in total. The molecule has 0 saturated carbocycles. The number of hydrogen-bond acceptors (Lipinski definition) is 3. The van der Waals surface area contributed by atoms with Gasteiger partial charge in [0, 0.05) is 12.1 Å². The Morgan fingerprint density at radius 1 is 1.20 bits per heavy atom. The number of rotatable bonds is 5. The third-order valence-electron chi connectivity index (χ3n) is 4.62. The van der Waals surface area contributed by atoms with Crippen LogP contribution in [-0.2, 0) is 4.79 Å². The van der Waals surface area contributed by atoms with Crippen molar-refractivity contribution >= 4 is 18.3 Å². The zero-order valence-electron chi connectivity index (χ0n) is 14.6. The Bertz CT molecular complexity index is 697. The van der Waals surface area contributed by atoms with Crippen LogP contribution in [-0.4, -0.2) is 26.1 Å². The molecule has 134 valence electrons. The highest BCUT2D eigenvalue weighted by Crippen LogP contribution is 2.30. The van der Waals surface area contributed by atoms with Gasteiger partial charge in [0.2, 0.25) is 5.91 Å². The topological polar surface area (TPSA) is 50.4 Å². The maximum atomic E-state index is 12.2. The highest BCUT2D eigenvalue weighted by atomic mass is 35.5. The van der Waals surface area contributed by atoms with Gasteiger partial charge in [-0.3, -0.25) is 4.79 Å². The number of benzene rings is 2. The Hall–Kier alpha value is -2.04. The second-order valence-electron chi connectivity index (χ2n) is 6.24. The predicted octanol–water partition coefficient (Wildman–Crippen LogP) is 3.57. The molecule has 0 radical (unpaired) electrons. The van der Waals surface area contributed by atoms with Crippen LogP contribution in [0.4, 0.5) is 0 Å². The van der Waals surface area contributed by atoms with Crippen LogP contribution in [0.1, 0.15) is 24.9 Å². The summed E-state index contributed by atoms with van der Waals surface area (Å²) >= 11 is 0. The zero-order valence-corrected chi connectivity index (χ0v) is 15.4. The Morgan fingerprint density at radius 2 is 1.92 bits per heavy atom. The average Bonchev–Trinajstić information content (AvgIpc) is 3.16. The molecule has 2 aromatic carbocycles. The second-order valence-corrected chi connectivity index (χ2v) is 6.24. The van der Waals surface area contributed by atoms with E-state index in [1.54, 1.807) is 7.11 Å². The van der Waals surface area contributed by atoms with Crippen molar-refractivity contribution in [3.63, 3.8) is 0 Å². The molecule has 1 aliphatic rings. The molecule has 1 fully saturated rings. The minimum absolute atomic E-state index is 0. The fourth-order valence-corrected chi connectivity index (χ4v) is 3.13. The molecule has 1 aliphatic heterocycles. The van der Waals surface area contributed by atoms with Gasteiger partial charge in [-0.1, -0.05) is 42.5 Å². The van der Waals surface area contributed by atoms with Gasteiger partial charge >= 0.3 is 0 Å². The number of ether oxygens (including phenoxy) is 1. The average molecular weight is 361 g/mol. The van der Waals surface area contributed by atoms with E-state index < -0.39 is 0 Å². The second kappa shape index (κ2) is 8.88. The van der Waals surface area contributed by atoms with Gasteiger partial charge in [0.15, 0.2) is 0 Å². The Kier molecular flexibility index (Phi) is 6.85. The maximum Gasteiger partial charge on any atom is 0.224 e. The molecule has 0 bridgehead atoms. The van der Waals surface area contributed by atoms with E-state index in [1.165, 1.54) is 0 Å². The van der Waals surface area contributed by atoms with Crippen molar-refractivity contribution in [3.8, 4) is 16.9 Å². The summed E-state index contributed by atoms with van der Waals surface area (Å²) in [5.74, 6) is 1.10. The SMILES string of the molecule is COc1ccccc1-c1ccc(C(C)NC(=O)C2CCNC2)cc1.Cl. The number of halogens is 1. The minimum atomic E-state index is 0. The number of methoxy groups -OCH3 is 1. The summed E-state index contributed by atoms with van der Waals surface area (Å²) in [6, 6.07) is 16.3. The van der Waals surface area contributed by atoms with Gasteiger partial charge in [-0.05, 0) is 37.1 Å². The lowest BCUT2D eigenvalue weighted by Crippen LogP contribution is -2.33. The number of amides is 1. The van der Waals surface area contributed by atoms with Crippen LogP contribution in [0, 0.1) is 5.92 Å². The molecular weight excluding hydrogens is 336 g/mol. The molecule has 25 heavy (non-hydrogen) atoms. The van der Waals surface area contributed by atoms with E-state index in [4.69, 9.17) is 4.74 Å². The number of carbonyl (C=O) groups excluding carboxylic acids is 1. The van der Waals surface area contributed by atoms with E-state index in [1.807, 2.05) is 31.2 Å². The Balaban J connectivity index is 0.00000225. The highest BCUT2D eigenvalue weighted by Gasteiger charge is 2.23. The lowest BCUT2D eigenvalue weighted by molar-refractivity contribution is -0.125. The number of nitrogens with one attached hydrogen (secondary N) is 2. The summed E-state index contributed by atoms with van der Waals surface area (Å²) < 4.78 is 5.42. The molecule has 3 rings (SSSR count). The van der Waals surface area contributed by atoms with E-state index in [9.17, 15) is 4.79 Å². The molecule has 5 heteroatoms. The summed E-state index contributed by atoms with van der Waals surface area (Å²) in [6.45, 7) is 3.74. The molecular formula is C20H25ClN2O2. The van der Waals surface area contributed by atoms with Crippen LogP contribution in [0.5, 0.6) is 5.75 Å². The molecule has 2 unspecified atom stereocenters. The minimum Gasteiger partial charge on any atom is -0.496 e. The van der Waals surface area contributed by atoms with E-state index in [-0.39, 0.29) is 30.3 Å². The molecule has 1 heterocycles. The molecule has 2 atom stereocenters. The van der Waals surface area contributed by atoms with Crippen molar-refractivity contribution in [3.05, 3.63) is 54.1 Å². The zero-order chi connectivity index (χ0) is 16.9. The fraction of sp³-hybridized carbons (Fsp3) is 0.350. The van der Waals surface area contributed by atoms with E-state index in [0.717, 1.165) is 42.0 Å². The summed E-state index contributed by atoms with van der Waals surface area (Å²) in [5.41, 5.74) is 3.28. The lowest BCUT2D eigenvalue weighted by Gasteiger charge is -2.17. The molecule has 0 spiro atoms. The van der Waals surface area contributed by atoms with Crippen molar-refractivity contribution < 1.29 is 9.53 Å². The molecule has 1 amide bonds. The standard InChI is InChI=1S/C20H24N2O2.ClH/c1-14(22-20(23)17-11-12-21-13-17)15-7-9-16(10-8-15)18-5-3-4-6-19(18)24-2;/h3-10,14,17,21H,11-13H2,1-2H3,(H,22,23);1H. The quantitative estimate of drug-likeness (QED) is 0.857. The summed E-state index contributed by atoms with van der Waals surface area (Å²) in [6.07, 6.45) is 0.922. The van der Waals surface area contributed by atoms with Crippen LogP contribution >= 0.6 is 12.4 Å². The van der Waals surface area contributed by atoms with Crippen molar-refractivity contribution in [2.45, 2.75) is 19.4 Å². The van der Waals surface area contributed by atoms with Gasteiger partial charge in [0.25, 0.3) is 0 Å². The third kappa shape index (κ3) is 4.53. The number of carbonyl (C=O) groups is 1. The van der Waals surface area contributed by atoms with E-state index in [2.05, 4.69) is 34.9 Å². The van der Waals surface area contributed by atoms with Crippen molar-refractivity contribution in [2.24, 2.45) is 5.92 Å².